The summed E-state index contributed by atoms with van der Waals surface area (Å²) in [6.45, 7) is 8.23. The Kier molecular flexibility index (Phi) is 5.45. The molecule has 0 spiro atoms. The average molecular weight is 456 g/mol. The number of benzene rings is 2. The summed E-state index contributed by atoms with van der Waals surface area (Å²) in [4.78, 5) is 15.3. The number of phenols is 1. The van der Waals surface area contributed by atoms with Crippen molar-refractivity contribution in [3.8, 4) is 22.8 Å². The van der Waals surface area contributed by atoms with Gasteiger partial charge in [-0.2, -0.15) is 5.10 Å². The molecule has 2 aromatic heterocycles. The molecule has 3 heterocycles. The van der Waals surface area contributed by atoms with Gasteiger partial charge < -0.3 is 19.2 Å². The van der Waals surface area contributed by atoms with Crippen LogP contribution in [0.25, 0.3) is 11.3 Å². The second kappa shape index (κ2) is 8.59. The molecule has 0 unspecified atom stereocenters. The Bertz CT molecular complexity index is 1350. The van der Waals surface area contributed by atoms with Crippen molar-refractivity contribution in [1.82, 2.24) is 15.1 Å². The maximum Gasteiger partial charge on any atom is 0.273 e. The minimum Gasteiger partial charge on any atom is -0.507 e. The molecule has 0 fully saturated rings. The van der Waals surface area contributed by atoms with Crippen LogP contribution in [0.15, 0.2) is 71.9 Å². The lowest BCUT2D eigenvalue weighted by molar-refractivity contribution is 0.0716. The van der Waals surface area contributed by atoms with Gasteiger partial charge in [-0.1, -0.05) is 30.9 Å². The molecule has 1 aliphatic rings. The molecule has 1 aliphatic heterocycles. The maximum atomic E-state index is 13.5. The predicted molar refractivity (Wildman–Crippen MR) is 128 cm³/mol. The van der Waals surface area contributed by atoms with Crippen LogP contribution in [0.3, 0.4) is 0 Å². The molecule has 1 atom stereocenters. The lowest BCUT2D eigenvalue weighted by Gasteiger charge is -2.26. The van der Waals surface area contributed by atoms with E-state index < -0.39 is 6.04 Å². The van der Waals surface area contributed by atoms with Crippen molar-refractivity contribution in [2.24, 2.45) is 0 Å². The van der Waals surface area contributed by atoms with Crippen LogP contribution in [0, 0.1) is 13.8 Å². The Morgan fingerprint density at radius 3 is 2.82 bits per heavy atom. The quantitative estimate of drug-likeness (QED) is 0.369. The molecule has 2 aromatic carbocycles. The van der Waals surface area contributed by atoms with Gasteiger partial charge in [0, 0.05) is 11.1 Å². The first-order valence-electron chi connectivity index (χ1n) is 11.0. The van der Waals surface area contributed by atoms with Crippen molar-refractivity contribution < 1.29 is 19.1 Å². The van der Waals surface area contributed by atoms with E-state index in [1.165, 1.54) is 0 Å². The number of fused-ring (bicyclic) bond motifs is 1. The van der Waals surface area contributed by atoms with Crippen molar-refractivity contribution >= 4 is 5.91 Å². The molecule has 0 bridgehead atoms. The number of aromatic amines is 1. The van der Waals surface area contributed by atoms with E-state index in [9.17, 15) is 9.90 Å². The lowest BCUT2D eigenvalue weighted by Crippen LogP contribution is -2.29. The zero-order valence-corrected chi connectivity index (χ0v) is 19.0. The fourth-order valence-corrected chi connectivity index (χ4v) is 4.65. The number of hydrogen-bond donors (Lipinski definition) is 2. The summed E-state index contributed by atoms with van der Waals surface area (Å²) in [5.41, 5.74) is 4.99. The summed E-state index contributed by atoms with van der Waals surface area (Å²) in [5, 5.41) is 18.2. The van der Waals surface area contributed by atoms with Crippen molar-refractivity contribution in [2.45, 2.75) is 26.4 Å². The summed E-state index contributed by atoms with van der Waals surface area (Å²) in [6.07, 6.45) is 3.28. The lowest BCUT2D eigenvalue weighted by atomic mass is 9.93. The topological polar surface area (TPSA) is 91.6 Å². The maximum absolute atomic E-state index is 13.5. The van der Waals surface area contributed by atoms with Crippen molar-refractivity contribution in [3.63, 3.8) is 0 Å². The van der Waals surface area contributed by atoms with Crippen LogP contribution in [-0.2, 0) is 6.54 Å². The summed E-state index contributed by atoms with van der Waals surface area (Å²) < 4.78 is 11.3. The highest BCUT2D eigenvalue weighted by molar-refractivity contribution is 6.00. The highest BCUT2D eigenvalue weighted by Gasteiger charge is 2.43. The Hall–Kier alpha value is -4.26. The third-order valence-electron chi connectivity index (χ3n) is 6.01. The number of H-pyrrole nitrogens is 1. The van der Waals surface area contributed by atoms with Gasteiger partial charge >= 0.3 is 0 Å². The molecular weight excluding hydrogens is 430 g/mol. The van der Waals surface area contributed by atoms with Crippen LogP contribution in [0.5, 0.6) is 11.5 Å². The molecule has 172 valence electrons. The largest absolute Gasteiger partial charge is 0.507 e. The highest BCUT2D eigenvalue weighted by atomic mass is 16.5. The number of amides is 1. The number of nitrogens with one attached hydrogen (secondary N) is 1. The number of aromatic nitrogens is 2. The Morgan fingerprint density at radius 2 is 2.09 bits per heavy atom. The molecule has 0 saturated carbocycles. The Balaban J connectivity index is 1.68. The molecule has 34 heavy (non-hydrogen) atoms. The van der Waals surface area contributed by atoms with E-state index in [1.54, 1.807) is 29.4 Å². The van der Waals surface area contributed by atoms with Crippen molar-refractivity contribution in [2.75, 3.05) is 6.61 Å². The van der Waals surface area contributed by atoms with E-state index in [0.717, 1.165) is 22.3 Å². The number of aryl methyl sites for hydroxylation is 2. The van der Waals surface area contributed by atoms with Crippen LogP contribution in [0.1, 0.15) is 44.5 Å². The number of phenolic OH excluding ortho intramolecular Hbond substituents is 1. The average Bonchev–Trinajstić information content (AvgIpc) is 3.52. The van der Waals surface area contributed by atoms with E-state index in [1.807, 2.05) is 50.2 Å². The van der Waals surface area contributed by atoms with Crippen LogP contribution in [0.2, 0.25) is 0 Å². The number of nitrogens with zero attached hydrogens (tertiary/aromatic N) is 2. The second-order valence-corrected chi connectivity index (χ2v) is 8.42. The van der Waals surface area contributed by atoms with Gasteiger partial charge in [-0.05, 0) is 60.9 Å². The SMILES string of the molecule is C=CCOc1cccc([C@@H]2c3c(-c4c(C)cc(C)cc4O)n[nH]c3C(=O)N2Cc2ccco2)c1. The van der Waals surface area contributed by atoms with Crippen molar-refractivity contribution in [1.29, 1.82) is 0 Å². The van der Waals surface area contributed by atoms with E-state index in [0.29, 0.717) is 35.1 Å². The molecule has 7 nitrogen and oxygen atoms in total. The third kappa shape index (κ3) is 3.65. The van der Waals surface area contributed by atoms with Gasteiger partial charge in [-0.15, -0.1) is 0 Å². The monoisotopic (exact) mass is 455 g/mol. The summed E-state index contributed by atoms with van der Waals surface area (Å²) in [7, 11) is 0. The number of aromatic hydroxyl groups is 1. The first-order chi connectivity index (χ1) is 16.5. The van der Waals surface area contributed by atoms with Crippen LogP contribution < -0.4 is 4.74 Å². The van der Waals surface area contributed by atoms with E-state index >= 15 is 0 Å². The van der Waals surface area contributed by atoms with Gasteiger partial charge in [0.05, 0.1) is 18.8 Å². The zero-order valence-electron chi connectivity index (χ0n) is 19.0. The fourth-order valence-electron chi connectivity index (χ4n) is 4.65. The number of furan rings is 1. The Labute approximate surface area is 197 Å². The first kappa shape index (κ1) is 21.6. The smallest absolute Gasteiger partial charge is 0.273 e. The molecule has 0 aliphatic carbocycles. The molecule has 0 saturated heterocycles. The molecule has 0 radical (unpaired) electrons. The minimum atomic E-state index is -0.450. The molecular formula is C27H25N3O4. The zero-order chi connectivity index (χ0) is 23.8. The molecule has 2 N–H and O–H groups in total. The molecule has 7 heteroatoms. The predicted octanol–water partition coefficient (Wildman–Crippen LogP) is 5.30. The van der Waals surface area contributed by atoms with Crippen LogP contribution in [-0.4, -0.2) is 32.7 Å². The third-order valence-corrected chi connectivity index (χ3v) is 6.01. The summed E-state index contributed by atoms with van der Waals surface area (Å²) >= 11 is 0. The van der Waals surface area contributed by atoms with Gasteiger partial charge in [0.15, 0.2) is 0 Å². The molecule has 1 amide bonds. The second-order valence-electron chi connectivity index (χ2n) is 8.42. The summed E-state index contributed by atoms with van der Waals surface area (Å²) in [5.74, 6) is 1.30. The van der Waals surface area contributed by atoms with Crippen LogP contribution in [0.4, 0.5) is 0 Å². The molecule has 4 aromatic rings. The fraction of sp³-hybridized carbons (Fsp3) is 0.185. The van der Waals surface area contributed by atoms with Gasteiger partial charge in [-0.25, -0.2) is 0 Å². The molecule has 5 rings (SSSR count). The van der Waals surface area contributed by atoms with E-state index in [-0.39, 0.29) is 18.2 Å². The van der Waals surface area contributed by atoms with Gasteiger partial charge in [0.25, 0.3) is 5.91 Å². The van der Waals surface area contributed by atoms with Gasteiger partial charge in [0.1, 0.15) is 35.3 Å². The number of carbonyl (C=O) groups is 1. The van der Waals surface area contributed by atoms with Crippen LogP contribution >= 0.6 is 0 Å². The number of rotatable bonds is 7. The standard InChI is InChI=1S/C27H25N3O4/c1-4-10-33-19-8-5-7-18(14-19)26-23-24(22-17(3)12-16(2)13-21(22)31)28-29-25(23)27(32)30(26)15-20-9-6-11-34-20/h4-9,11-14,26,31H,1,10,15H2,2-3H3,(H,28,29)/t26-/m1/s1. The number of ether oxygens (including phenoxy) is 1. The van der Waals surface area contributed by atoms with E-state index in [2.05, 4.69) is 16.8 Å². The van der Waals surface area contributed by atoms with Gasteiger partial charge in [-0.3, -0.25) is 9.89 Å². The first-order valence-corrected chi connectivity index (χ1v) is 11.0. The van der Waals surface area contributed by atoms with E-state index in [4.69, 9.17) is 9.15 Å². The minimum absolute atomic E-state index is 0.130. The number of carbonyl (C=O) groups excluding carboxylic acids is 1. The number of hydrogen-bond acceptors (Lipinski definition) is 5. The van der Waals surface area contributed by atoms with Crippen molar-refractivity contribution in [3.05, 3.63) is 101 Å². The normalized spacial score (nSPS) is 14.9. The highest BCUT2D eigenvalue weighted by Crippen LogP contribution is 2.46. The van der Waals surface area contributed by atoms with Gasteiger partial charge in [0.2, 0.25) is 0 Å². The summed E-state index contributed by atoms with van der Waals surface area (Å²) in [6, 6.07) is 14.5. The Morgan fingerprint density at radius 1 is 1.24 bits per heavy atom.